The normalized spacial score (nSPS) is 27.9. The molecule has 2 atom stereocenters. The van der Waals surface area contributed by atoms with Gasteiger partial charge in [-0.2, -0.15) is 0 Å². The summed E-state index contributed by atoms with van der Waals surface area (Å²) in [7, 11) is 0. The Morgan fingerprint density at radius 2 is 2.30 bits per heavy atom. The van der Waals surface area contributed by atoms with Gasteiger partial charge in [0.1, 0.15) is 5.78 Å². The van der Waals surface area contributed by atoms with Gasteiger partial charge in [-0.3, -0.25) is 9.69 Å². The van der Waals surface area contributed by atoms with Crippen molar-refractivity contribution in [2.75, 3.05) is 19.8 Å². The molecule has 2 aliphatic rings. The number of nitrogens with zero attached hydrogens (tertiary/aromatic N) is 1. The third kappa shape index (κ3) is 3.13. The molecule has 0 aromatic heterocycles. The molecule has 0 bridgehead atoms. The van der Waals surface area contributed by atoms with Crippen molar-refractivity contribution in [1.82, 2.24) is 4.90 Å². The van der Waals surface area contributed by atoms with Gasteiger partial charge in [0.05, 0.1) is 13.2 Å². The van der Waals surface area contributed by atoms with Crippen LogP contribution in [0, 0.1) is 5.92 Å². The quantitative estimate of drug-likeness (QED) is 0.849. The predicted octanol–water partition coefficient (Wildman–Crippen LogP) is 3.02. The number of benzene rings is 1. The summed E-state index contributed by atoms with van der Waals surface area (Å²) in [5.41, 5.74) is 1.29. The minimum Gasteiger partial charge on any atom is -0.378 e. The third-order valence-electron chi connectivity index (χ3n) is 4.37. The second-order valence-corrected chi connectivity index (χ2v) is 6.62. The topological polar surface area (TPSA) is 29.5 Å². The Bertz CT molecular complexity index is 491. The van der Waals surface area contributed by atoms with Gasteiger partial charge in [0.15, 0.2) is 0 Å². The van der Waals surface area contributed by atoms with Crippen molar-refractivity contribution in [3.63, 3.8) is 0 Å². The summed E-state index contributed by atoms with van der Waals surface area (Å²) in [5, 5.41) is 0. The van der Waals surface area contributed by atoms with Crippen LogP contribution in [0.15, 0.2) is 28.7 Å². The Morgan fingerprint density at radius 3 is 3.05 bits per heavy atom. The predicted molar refractivity (Wildman–Crippen MR) is 81.5 cm³/mol. The van der Waals surface area contributed by atoms with E-state index >= 15 is 0 Å². The monoisotopic (exact) mass is 337 g/mol. The van der Waals surface area contributed by atoms with Crippen LogP contribution in [0.25, 0.3) is 0 Å². The second kappa shape index (κ2) is 6.37. The molecule has 4 heteroatoms. The number of hydrogen-bond donors (Lipinski definition) is 0. The molecule has 0 spiro atoms. The number of hydrogen-bond acceptors (Lipinski definition) is 3. The van der Waals surface area contributed by atoms with E-state index in [1.807, 2.05) is 6.07 Å². The van der Waals surface area contributed by atoms with Gasteiger partial charge in [0.2, 0.25) is 0 Å². The first-order valence-corrected chi connectivity index (χ1v) is 8.12. The highest BCUT2D eigenvalue weighted by Crippen LogP contribution is 2.30. The van der Waals surface area contributed by atoms with Crippen molar-refractivity contribution >= 4 is 21.7 Å². The molecule has 108 valence electrons. The van der Waals surface area contributed by atoms with E-state index in [1.165, 1.54) is 5.56 Å². The minimum atomic E-state index is 0.183. The molecule has 1 aromatic carbocycles. The maximum absolute atomic E-state index is 12.0. The molecular weight excluding hydrogens is 318 g/mol. The number of carbonyl (C=O) groups excluding carboxylic acids is 1. The largest absolute Gasteiger partial charge is 0.378 e. The Kier molecular flexibility index (Phi) is 4.54. The molecule has 1 saturated carbocycles. The molecular formula is C16H20BrNO2. The van der Waals surface area contributed by atoms with Crippen LogP contribution in [-0.2, 0) is 16.1 Å². The second-order valence-electron chi connectivity index (χ2n) is 5.71. The lowest BCUT2D eigenvalue weighted by Gasteiger charge is -2.38. The number of ether oxygens (including phenoxy) is 1. The average molecular weight is 338 g/mol. The van der Waals surface area contributed by atoms with Crippen molar-refractivity contribution in [2.24, 2.45) is 5.92 Å². The van der Waals surface area contributed by atoms with E-state index < -0.39 is 0 Å². The lowest BCUT2D eigenvalue weighted by Crippen LogP contribution is -2.49. The molecule has 2 fully saturated rings. The van der Waals surface area contributed by atoms with Crippen LogP contribution in [0.1, 0.15) is 24.8 Å². The minimum absolute atomic E-state index is 0.183. The van der Waals surface area contributed by atoms with Crippen LogP contribution in [0.2, 0.25) is 0 Å². The fraction of sp³-hybridized carbons (Fsp3) is 0.562. The summed E-state index contributed by atoms with van der Waals surface area (Å²) >= 11 is 3.52. The zero-order chi connectivity index (χ0) is 13.9. The zero-order valence-corrected chi connectivity index (χ0v) is 13.1. The number of halogens is 1. The van der Waals surface area contributed by atoms with Crippen molar-refractivity contribution in [2.45, 2.75) is 31.8 Å². The smallest absolute Gasteiger partial charge is 0.137 e. The van der Waals surface area contributed by atoms with Crippen molar-refractivity contribution in [1.29, 1.82) is 0 Å². The fourth-order valence-corrected chi connectivity index (χ4v) is 3.79. The summed E-state index contributed by atoms with van der Waals surface area (Å²) in [6, 6.07) is 8.67. The molecule has 0 radical (unpaired) electrons. The maximum Gasteiger partial charge on any atom is 0.137 e. The van der Waals surface area contributed by atoms with Crippen LogP contribution >= 0.6 is 15.9 Å². The molecule has 0 N–H and O–H groups in total. The van der Waals surface area contributed by atoms with Gasteiger partial charge >= 0.3 is 0 Å². The molecule has 3 rings (SSSR count). The summed E-state index contributed by atoms with van der Waals surface area (Å²) in [6.07, 6.45) is 2.83. The van der Waals surface area contributed by atoms with Gasteiger partial charge in [-0.1, -0.05) is 28.1 Å². The van der Waals surface area contributed by atoms with E-state index in [4.69, 9.17) is 4.74 Å². The van der Waals surface area contributed by atoms with Crippen LogP contribution in [0.5, 0.6) is 0 Å². The molecule has 20 heavy (non-hydrogen) atoms. The first kappa shape index (κ1) is 14.2. The van der Waals surface area contributed by atoms with Crippen molar-refractivity contribution < 1.29 is 9.53 Å². The first-order valence-electron chi connectivity index (χ1n) is 7.33. The highest BCUT2D eigenvalue weighted by Gasteiger charge is 2.37. The van der Waals surface area contributed by atoms with E-state index in [0.29, 0.717) is 12.4 Å². The molecule has 1 saturated heterocycles. The molecule has 0 amide bonds. The Morgan fingerprint density at radius 1 is 1.40 bits per heavy atom. The number of ketones is 1. The van der Waals surface area contributed by atoms with Gasteiger partial charge in [-0.25, -0.2) is 0 Å². The van der Waals surface area contributed by atoms with Crippen LogP contribution in [0.4, 0.5) is 0 Å². The number of morpholine rings is 1. The highest BCUT2D eigenvalue weighted by atomic mass is 79.9. The number of rotatable bonds is 3. The van der Waals surface area contributed by atoms with E-state index in [2.05, 4.69) is 39.0 Å². The Hall–Kier alpha value is -0.710. The molecule has 1 heterocycles. The maximum atomic E-state index is 12.0. The Labute approximate surface area is 128 Å². The summed E-state index contributed by atoms with van der Waals surface area (Å²) < 4.78 is 6.74. The number of Topliss-reactive ketones (excluding diaryl/α,β-unsaturated/α-hetero) is 1. The van der Waals surface area contributed by atoms with Crippen molar-refractivity contribution in [3.05, 3.63) is 34.3 Å². The van der Waals surface area contributed by atoms with Crippen molar-refractivity contribution in [3.8, 4) is 0 Å². The van der Waals surface area contributed by atoms with Crippen LogP contribution in [-0.4, -0.2) is 36.5 Å². The van der Waals surface area contributed by atoms with E-state index in [1.54, 1.807) is 0 Å². The molecule has 0 unspecified atom stereocenters. The molecule has 1 aliphatic heterocycles. The van der Waals surface area contributed by atoms with Gasteiger partial charge in [0.25, 0.3) is 0 Å². The Balaban J connectivity index is 1.73. The fourth-order valence-electron chi connectivity index (χ4n) is 3.34. The van der Waals surface area contributed by atoms with Gasteiger partial charge in [-0.15, -0.1) is 0 Å². The SMILES string of the molecule is O=C1CCC[C@H]1[C@H]1COCCN1Cc1cccc(Br)c1. The lowest BCUT2D eigenvalue weighted by atomic mass is 9.95. The average Bonchev–Trinajstić information content (AvgIpc) is 2.86. The molecule has 1 aliphatic carbocycles. The highest BCUT2D eigenvalue weighted by molar-refractivity contribution is 9.10. The van der Waals surface area contributed by atoms with Crippen LogP contribution < -0.4 is 0 Å². The summed E-state index contributed by atoms with van der Waals surface area (Å²) in [5.74, 6) is 0.613. The lowest BCUT2D eigenvalue weighted by molar-refractivity contribution is -0.125. The van der Waals surface area contributed by atoms with E-state index in [0.717, 1.165) is 43.4 Å². The van der Waals surface area contributed by atoms with E-state index in [9.17, 15) is 4.79 Å². The van der Waals surface area contributed by atoms with Crippen LogP contribution in [0.3, 0.4) is 0 Å². The standard InChI is InChI=1S/C16H20BrNO2/c17-13-4-1-3-12(9-13)10-18-7-8-20-11-15(18)14-5-2-6-16(14)19/h1,3-4,9,14-15H,2,5-8,10-11H2/t14-,15+/m0/s1. The molecule has 1 aromatic rings. The zero-order valence-electron chi connectivity index (χ0n) is 11.6. The summed E-state index contributed by atoms with van der Waals surface area (Å²) in [6.45, 7) is 3.29. The number of carbonyl (C=O) groups is 1. The van der Waals surface area contributed by atoms with E-state index in [-0.39, 0.29) is 12.0 Å². The molecule has 3 nitrogen and oxygen atoms in total. The first-order chi connectivity index (χ1) is 9.74. The van der Waals surface area contributed by atoms with Gasteiger partial charge < -0.3 is 4.74 Å². The van der Waals surface area contributed by atoms with Gasteiger partial charge in [-0.05, 0) is 30.5 Å². The third-order valence-corrected chi connectivity index (χ3v) is 4.86. The van der Waals surface area contributed by atoms with Gasteiger partial charge in [0, 0.05) is 35.9 Å². The summed E-state index contributed by atoms with van der Waals surface area (Å²) in [4.78, 5) is 14.5.